The van der Waals surface area contributed by atoms with Crippen LogP contribution in [-0.4, -0.2) is 53.1 Å². The van der Waals surface area contributed by atoms with Gasteiger partial charge in [0.2, 0.25) is 11.9 Å². The van der Waals surface area contributed by atoms with E-state index in [2.05, 4.69) is 29.5 Å². The number of nitrogens with zero attached hydrogens (tertiary/aromatic N) is 4. The molecule has 36 heavy (non-hydrogen) atoms. The minimum Gasteiger partial charge on any atom is -0.495 e. The lowest BCUT2D eigenvalue weighted by atomic mass is 9.59. The Kier molecular flexibility index (Phi) is 8.16. The van der Waals surface area contributed by atoms with E-state index in [1.165, 1.54) is 70.9 Å². The van der Waals surface area contributed by atoms with Crippen LogP contribution in [-0.2, 0) is 0 Å². The van der Waals surface area contributed by atoms with E-state index in [0.717, 1.165) is 23.3 Å². The molecule has 3 atom stereocenters. The molecule has 1 aliphatic heterocycles. The van der Waals surface area contributed by atoms with Crippen molar-refractivity contribution in [2.75, 3.05) is 37.9 Å². The molecule has 5 rings (SSSR count). The molecule has 196 valence electrons. The molecule has 2 aliphatic carbocycles. The van der Waals surface area contributed by atoms with E-state index in [1.54, 1.807) is 7.11 Å². The Morgan fingerprint density at radius 1 is 0.972 bits per heavy atom. The summed E-state index contributed by atoms with van der Waals surface area (Å²) in [6.45, 7) is 4.84. The van der Waals surface area contributed by atoms with Gasteiger partial charge in [-0.1, -0.05) is 44.2 Å². The highest BCUT2D eigenvalue weighted by atomic mass is 35.5. The molecule has 2 saturated carbocycles. The predicted octanol–water partition coefficient (Wildman–Crippen LogP) is 6.49. The van der Waals surface area contributed by atoms with Gasteiger partial charge in [0.05, 0.1) is 12.1 Å². The first-order chi connectivity index (χ1) is 17.5. The third-order valence-electron chi connectivity index (χ3n) is 8.79. The number of ether oxygens (including phenoxy) is 1. The van der Waals surface area contributed by atoms with Gasteiger partial charge in [-0.3, -0.25) is 0 Å². The average Bonchev–Trinajstić information content (AvgIpc) is 3.13. The van der Waals surface area contributed by atoms with Crippen molar-refractivity contribution < 1.29 is 4.74 Å². The Labute approximate surface area is 220 Å². The van der Waals surface area contributed by atoms with Crippen LogP contribution in [0.1, 0.15) is 76.5 Å². The summed E-state index contributed by atoms with van der Waals surface area (Å²) < 4.78 is 5.30. The van der Waals surface area contributed by atoms with Gasteiger partial charge in [-0.25, -0.2) is 0 Å². The lowest BCUT2D eigenvalue weighted by Crippen LogP contribution is -2.43. The number of benzene rings is 1. The molecule has 2 aromatic rings. The lowest BCUT2D eigenvalue weighted by molar-refractivity contribution is 0.0443. The van der Waals surface area contributed by atoms with Crippen LogP contribution in [0.3, 0.4) is 0 Å². The van der Waals surface area contributed by atoms with Crippen molar-refractivity contribution >= 4 is 29.2 Å². The van der Waals surface area contributed by atoms with Crippen LogP contribution in [0.15, 0.2) is 18.2 Å². The Balaban J connectivity index is 1.35. The van der Waals surface area contributed by atoms with E-state index >= 15 is 0 Å². The van der Waals surface area contributed by atoms with Crippen molar-refractivity contribution in [1.82, 2.24) is 19.9 Å². The molecule has 7 nitrogen and oxygen atoms in total. The van der Waals surface area contributed by atoms with Gasteiger partial charge in [-0.2, -0.15) is 15.0 Å². The second-order valence-electron chi connectivity index (χ2n) is 11.2. The number of hydrogen-bond acceptors (Lipinski definition) is 7. The smallest absolute Gasteiger partial charge is 0.232 e. The van der Waals surface area contributed by atoms with Crippen LogP contribution >= 0.6 is 11.6 Å². The molecular formula is C28H41ClN6O. The number of methoxy groups -OCH3 is 1. The molecule has 2 heterocycles. The van der Waals surface area contributed by atoms with Crippen LogP contribution in [0, 0.1) is 17.8 Å². The maximum Gasteiger partial charge on any atom is 0.232 e. The van der Waals surface area contributed by atoms with Crippen LogP contribution in [0.25, 0.3) is 0 Å². The average molecular weight is 513 g/mol. The highest BCUT2D eigenvalue weighted by molar-refractivity contribution is 6.32. The zero-order valence-electron chi connectivity index (χ0n) is 22.0. The highest BCUT2D eigenvalue weighted by Gasteiger charge is 2.45. The molecule has 0 bridgehead atoms. The summed E-state index contributed by atoms with van der Waals surface area (Å²) in [5.41, 5.74) is 0.837. The fraction of sp³-hybridized carbons (Fsp3) is 0.679. The first-order valence-corrected chi connectivity index (χ1v) is 14.2. The summed E-state index contributed by atoms with van der Waals surface area (Å²) in [4.78, 5) is 17.1. The maximum atomic E-state index is 6.37. The van der Waals surface area contributed by atoms with E-state index < -0.39 is 0 Å². The van der Waals surface area contributed by atoms with Crippen LogP contribution in [0.2, 0.25) is 5.02 Å². The summed E-state index contributed by atoms with van der Waals surface area (Å²) in [5.74, 6) is 5.42. The van der Waals surface area contributed by atoms with Crippen molar-refractivity contribution in [1.29, 1.82) is 0 Å². The molecule has 3 unspecified atom stereocenters. The van der Waals surface area contributed by atoms with Gasteiger partial charge in [0.1, 0.15) is 11.6 Å². The number of rotatable bonds is 7. The fourth-order valence-corrected chi connectivity index (χ4v) is 6.66. The summed E-state index contributed by atoms with van der Waals surface area (Å²) in [5, 5.41) is 7.59. The fourth-order valence-electron chi connectivity index (χ4n) is 6.40. The van der Waals surface area contributed by atoms with Gasteiger partial charge in [0, 0.05) is 17.6 Å². The molecule has 0 spiro atoms. The minimum absolute atomic E-state index is 0.382. The van der Waals surface area contributed by atoms with E-state index in [4.69, 9.17) is 31.3 Å². The minimum atomic E-state index is 0.382. The first kappa shape index (κ1) is 25.5. The number of likely N-dealkylation sites (tertiary alicyclic amines) is 1. The number of piperidine rings is 1. The number of halogens is 1. The van der Waals surface area contributed by atoms with Crippen molar-refractivity contribution in [3.05, 3.63) is 29.0 Å². The molecular weight excluding hydrogens is 472 g/mol. The van der Waals surface area contributed by atoms with Crippen LogP contribution in [0.5, 0.6) is 5.75 Å². The molecule has 2 N–H and O–H groups in total. The van der Waals surface area contributed by atoms with E-state index in [0.29, 0.717) is 40.5 Å². The molecule has 3 fully saturated rings. The van der Waals surface area contributed by atoms with E-state index in [-0.39, 0.29) is 0 Å². The van der Waals surface area contributed by atoms with Gasteiger partial charge < -0.3 is 20.3 Å². The van der Waals surface area contributed by atoms with Gasteiger partial charge in [0.15, 0.2) is 0 Å². The SMILES string of the molecule is COc1ccc(Nc2nc(NC3CCCCCC3)nc(C3CC(C4CCN(C)CC4)C3C)n2)cc1Cl. The first-order valence-electron chi connectivity index (χ1n) is 13.8. The summed E-state index contributed by atoms with van der Waals surface area (Å²) in [6, 6.07) is 6.08. The Bertz CT molecular complexity index is 1020. The monoisotopic (exact) mass is 512 g/mol. The normalized spacial score (nSPS) is 26.2. The molecule has 0 amide bonds. The zero-order chi connectivity index (χ0) is 25.1. The predicted molar refractivity (Wildman–Crippen MR) is 146 cm³/mol. The van der Waals surface area contributed by atoms with Gasteiger partial charge in [0.25, 0.3) is 0 Å². The number of aromatic nitrogens is 3. The Morgan fingerprint density at radius 3 is 2.36 bits per heavy atom. The Hall–Kier alpha value is -2.12. The van der Waals surface area contributed by atoms with Gasteiger partial charge in [-0.15, -0.1) is 0 Å². The third-order valence-corrected chi connectivity index (χ3v) is 9.08. The molecule has 8 heteroatoms. The van der Waals surface area contributed by atoms with E-state index in [9.17, 15) is 0 Å². The topological polar surface area (TPSA) is 75.2 Å². The quantitative estimate of drug-likeness (QED) is 0.410. The number of nitrogens with one attached hydrogen (secondary N) is 2. The highest BCUT2D eigenvalue weighted by Crippen LogP contribution is 2.51. The lowest BCUT2D eigenvalue weighted by Gasteiger charge is -2.48. The second kappa shape index (κ2) is 11.5. The third kappa shape index (κ3) is 5.88. The zero-order valence-corrected chi connectivity index (χ0v) is 22.7. The maximum absolute atomic E-state index is 6.37. The summed E-state index contributed by atoms with van der Waals surface area (Å²) in [6.07, 6.45) is 11.3. The largest absolute Gasteiger partial charge is 0.495 e. The standard InChI is InChI=1S/C28H41ClN6O/c1-18-22(19-12-14-35(2)15-13-19)17-23(18)26-32-27(30-20-8-6-4-5-7-9-20)34-28(33-26)31-21-10-11-25(36-3)24(29)16-21/h10-11,16,18-20,22-23H,4-9,12-15,17H2,1-3H3,(H2,30,31,32,33,34). The van der Waals surface area contributed by atoms with Gasteiger partial charge in [-0.05, 0) is 88.2 Å². The van der Waals surface area contributed by atoms with Crippen molar-refractivity contribution in [2.45, 2.75) is 76.7 Å². The van der Waals surface area contributed by atoms with Gasteiger partial charge >= 0.3 is 0 Å². The number of hydrogen-bond donors (Lipinski definition) is 2. The van der Waals surface area contributed by atoms with Crippen molar-refractivity contribution in [3.8, 4) is 5.75 Å². The van der Waals surface area contributed by atoms with E-state index in [1.807, 2.05) is 18.2 Å². The van der Waals surface area contributed by atoms with Crippen LogP contribution < -0.4 is 15.4 Å². The molecule has 1 aromatic heterocycles. The molecule has 1 saturated heterocycles. The molecule has 0 radical (unpaired) electrons. The van der Waals surface area contributed by atoms with Crippen LogP contribution in [0.4, 0.5) is 17.6 Å². The number of anilines is 3. The molecule has 1 aromatic carbocycles. The summed E-state index contributed by atoms with van der Waals surface area (Å²) in [7, 11) is 3.86. The summed E-state index contributed by atoms with van der Waals surface area (Å²) >= 11 is 6.37. The Morgan fingerprint density at radius 2 is 1.69 bits per heavy atom. The second-order valence-corrected chi connectivity index (χ2v) is 11.6. The van der Waals surface area contributed by atoms with Crippen molar-refractivity contribution in [3.63, 3.8) is 0 Å². The molecule has 3 aliphatic rings. The van der Waals surface area contributed by atoms with Crippen molar-refractivity contribution in [2.24, 2.45) is 17.8 Å².